The summed E-state index contributed by atoms with van der Waals surface area (Å²) >= 11 is 0. The zero-order valence-electron chi connectivity index (χ0n) is 22.3. The predicted molar refractivity (Wildman–Crippen MR) is 150 cm³/mol. The van der Waals surface area contributed by atoms with Gasteiger partial charge in [-0.3, -0.25) is 14.4 Å². The topological polar surface area (TPSA) is 90.9 Å². The van der Waals surface area contributed by atoms with E-state index < -0.39 is 0 Å². The normalized spacial score (nSPS) is 16.3. The average Bonchev–Trinajstić information content (AvgIpc) is 3.44. The van der Waals surface area contributed by atoms with Crippen molar-refractivity contribution in [2.45, 2.75) is 19.6 Å². The number of nitrogens with two attached hydrogens (primary N) is 1. The van der Waals surface area contributed by atoms with Crippen molar-refractivity contribution >= 4 is 5.82 Å². The van der Waals surface area contributed by atoms with Gasteiger partial charge < -0.3 is 19.9 Å². The summed E-state index contributed by atoms with van der Waals surface area (Å²) in [6.45, 7) is 6.91. The first kappa shape index (κ1) is 25.4. The summed E-state index contributed by atoms with van der Waals surface area (Å²) < 4.78 is 19.6. The maximum Gasteiger partial charge on any atom is 0.161 e. The van der Waals surface area contributed by atoms with Crippen LogP contribution in [0.15, 0.2) is 67.1 Å². The number of morpholine rings is 1. The fourth-order valence-corrected chi connectivity index (χ4v) is 5.32. The number of pyridine rings is 1. The van der Waals surface area contributed by atoms with Gasteiger partial charge in [0.2, 0.25) is 0 Å². The summed E-state index contributed by atoms with van der Waals surface area (Å²) in [5, 5.41) is 0. The van der Waals surface area contributed by atoms with Crippen LogP contribution >= 0.6 is 0 Å². The van der Waals surface area contributed by atoms with E-state index in [1.165, 1.54) is 11.1 Å². The monoisotopic (exact) mass is 526 g/mol. The highest BCUT2D eigenvalue weighted by Gasteiger charge is 2.18. The van der Waals surface area contributed by atoms with Crippen molar-refractivity contribution in [2.75, 3.05) is 52.3 Å². The van der Waals surface area contributed by atoms with Gasteiger partial charge in [0, 0.05) is 74.7 Å². The Morgan fingerprint density at radius 2 is 1.79 bits per heavy atom. The minimum Gasteiger partial charge on any atom is -0.493 e. The maximum atomic E-state index is 6.29. The summed E-state index contributed by atoms with van der Waals surface area (Å²) in [6, 6.07) is 16.8. The van der Waals surface area contributed by atoms with Crippen LogP contribution < -0.4 is 15.2 Å². The summed E-state index contributed by atoms with van der Waals surface area (Å²) in [5.41, 5.74) is 11.8. The molecule has 2 N–H and O–H groups in total. The lowest BCUT2D eigenvalue weighted by Crippen LogP contribution is -2.35. The van der Waals surface area contributed by atoms with E-state index >= 15 is 0 Å². The molecule has 0 aliphatic carbocycles. The molecule has 1 fully saturated rings. The Kier molecular flexibility index (Phi) is 7.44. The molecule has 39 heavy (non-hydrogen) atoms. The van der Waals surface area contributed by atoms with Crippen molar-refractivity contribution in [1.82, 2.24) is 24.3 Å². The molecule has 6 rings (SSSR count). The number of hydrogen-bond acceptors (Lipinski definition) is 8. The molecule has 2 aromatic carbocycles. The largest absolute Gasteiger partial charge is 0.493 e. The first-order valence-corrected chi connectivity index (χ1v) is 13.4. The first-order chi connectivity index (χ1) is 19.2. The Morgan fingerprint density at radius 1 is 0.923 bits per heavy atom. The van der Waals surface area contributed by atoms with Gasteiger partial charge in [-0.2, -0.15) is 0 Å². The van der Waals surface area contributed by atoms with Crippen LogP contribution in [0.4, 0.5) is 5.82 Å². The van der Waals surface area contributed by atoms with Gasteiger partial charge in [-0.1, -0.05) is 12.1 Å². The standard InChI is InChI=1S/C30H34N6O3/c1-37-27-5-4-24-18-28(27)39-14-11-35(21-25-3-2-6-32-29(25)31)20-23-15-22(19-34-9-12-38-13-10-34)16-26(17-23)36-8-7-33-30(24)36/h2-8,15-18H,9-14,19-21H2,1H3,(H2,31,32). The summed E-state index contributed by atoms with van der Waals surface area (Å²) in [5.74, 6) is 2.81. The van der Waals surface area contributed by atoms with Gasteiger partial charge in [0.15, 0.2) is 11.5 Å². The Labute approximate surface area is 228 Å². The third kappa shape index (κ3) is 5.75. The molecular formula is C30H34N6O3. The van der Waals surface area contributed by atoms with E-state index in [0.717, 1.165) is 62.0 Å². The van der Waals surface area contributed by atoms with Gasteiger partial charge in [0.1, 0.15) is 18.2 Å². The molecule has 2 aromatic heterocycles. The summed E-state index contributed by atoms with van der Waals surface area (Å²) in [4.78, 5) is 13.8. The van der Waals surface area contributed by atoms with Crippen molar-refractivity contribution in [2.24, 2.45) is 0 Å². The van der Waals surface area contributed by atoms with Crippen LogP contribution in [0.5, 0.6) is 11.5 Å². The number of hydrogen-bond donors (Lipinski definition) is 1. The van der Waals surface area contributed by atoms with Gasteiger partial charge in [-0.15, -0.1) is 0 Å². The first-order valence-electron chi connectivity index (χ1n) is 13.4. The van der Waals surface area contributed by atoms with E-state index in [2.05, 4.69) is 37.5 Å². The van der Waals surface area contributed by atoms with Gasteiger partial charge in [-0.05, 0) is 47.5 Å². The number of anilines is 1. The zero-order chi connectivity index (χ0) is 26.6. The molecule has 0 amide bonds. The van der Waals surface area contributed by atoms with Crippen LogP contribution in [0.3, 0.4) is 0 Å². The fourth-order valence-electron chi connectivity index (χ4n) is 5.32. The second kappa shape index (κ2) is 11.4. The van der Waals surface area contributed by atoms with Crippen LogP contribution in [-0.2, 0) is 24.4 Å². The van der Waals surface area contributed by atoms with Crippen LogP contribution in [-0.4, -0.2) is 70.9 Å². The van der Waals surface area contributed by atoms with Crippen LogP contribution in [0.25, 0.3) is 17.1 Å². The van der Waals surface area contributed by atoms with E-state index in [1.54, 1.807) is 13.3 Å². The van der Waals surface area contributed by atoms with Crippen molar-refractivity contribution in [3.8, 4) is 28.6 Å². The number of imidazole rings is 1. The number of nitrogens with zero attached hydrogens (tertiary/aromatic N) is 5. The number of nitrogen functional groups attached to an aromatic ring is 1. The Hall–Kier alpha value is -3.92. The lowest BCUT2D eigenvalue weighted by atomic mass is 10.1. The average molecular weight is 527 g/mol. The highest BCUT2D eigenvalue weighted by atomic mass is 16.5. The zero-order valence-corrected chi connectivity index (χ0v) is 22.3. The minimum absolute atomic E-state index is 0.495. The van der Waals surface area contributed by atoms with Crippen molar-refractivity contribution in [1.29, 1.82) is 0 Å². The molecule has 4 bridgehead atoms. The van der Waals surface area contributed by atoms with Crippen molar-refractivity contribution in [3.63, 3.8) is 0 Å². The Morgan fingerprint density at radius 3 is 2.64 bits per heavy atom. The van der Waals surface area contributed by atoms with Gasteiger partial charge in [-0.25, -0.2) is 9.97 Å². The molecule has 202 valence electrons. The predicted octanol–water partition coefficient (Wildman–Crippen LogP) is 3.75. The van der Waals surface area contributed by atoms with E-state index in [9.17, 15) is 0 Å². The maximum absolute atomic E-state index is 6.29. The third-order valence-electron chi connectivity index (χ3n) is 7.28. The second-order valence-corrected chi connectivity index (χ2v) is 9.99. The van der Waals surface area contributed by atoms with Crippen molar-refractivity contribution in [3.05, 3.63) is 83.8 Å². The lowest BCUT2D eigenvalue weighted by Gasteiger charge is -2.27. The molecule has 0 atom stereocenters. The van der Waals surface area contributed by atoms with Gasteiger partial charge in [0.25, 0.3) is 0 Å². The van der Waals surface area contributed by atoms with E-state index in [0.29, 0.717) is 37.0 Å². The SMILES string of the molecule is COc1ccc2cc1OCCN(Cc1cccnc1N)Cc1cc(CN3CCOCC3)cc(c1)-n1ccnc1-2. The van der Waals surface area contributed by atoms with E-state index in [-0.39, 0.29) is 0 Å². The Bertz CT molecular complexity index is 1430. The Balaban J connectivity index is 1.42. The number of rotatable bonds is 5. The quantitative estimate of drug-likeness (QED) is 0.421. The number of aromatic nitrogens is 3. The second-order valence-electron chi connectivity index (χ2n) is 9.99. The molecule has 9 nitrogen and oxygen atoms in total. The molecule has 9 heteroatoms. The molecule has 0 saturated carbocycles. The molecule has 0 radical (unpaired) electrons. The molecule has 0 spiro atoms. The molecule has 2 aliphatic rings. The van der Waals surface area contributed by atoms with Gasteiger partial charge >= 0.3 is 0 Å². The van der Waals surface area contributed by atoms with Crippen LogP contribution in [0.1, 0.15) is 16.7 Å². The van der Waals surface area contributed by atoms with Crippen LogP contribution in [0, 0.1) is 0 Å². The number of fused-ring (bicyclic) bond motifs is 7. The summed E-state index contributed by atoms with van der Waals surface area (Å²) in [7, 11) is 1.66. The third-order valence-corrected chi connectivity index (χ3v) is 7.28. The minimum atomic E-state index is 0.495. The highest BCUT2D eigenvalue weighted by molar-refractivity contribution is 5.64. The summed E-state index contributed by atoms with van der Waals surface area (Å²) in [6.07, 6.45) is 5.59. The van der Waals surface area contributed by atoms with Crippen molar-refractivity contribution < 1.29 is 14.2 Å². The van der Waals surface area contributed by atoms with E-state index in [1.807, 2.05) is 42.7 Å². The van der Waals surface area contributed by atoms with Gasteiger partial charge in [0.05, 0.1) is 20.3 Å². The molecule has 1 saturated heterocycles. The number of methoxy groups -OCH3 is 1. The number of ether oxygens (including phenoxy) is 3. The fraction of sp³-hybridized carbons (Fsp3) is 0.333. The molecular weight excluding hydrogens is 492 g/mol. The molecule has 4 aromatic rings. The molecule has 4 heterocycles. The lowest BCUT2D eigenvalue weighted by molar-refractivity contribution is 0.0342. The molecule has 2 aliphatic heterocycles. The van der Waals surface area contributed by atoms with E-state index in [4.69, 9.17) is 24.9 Å². The highest BCUT2D eigenvalue weighted by Crippen LogP contribution is 2.33. The van der Waals surface area contributed by atoms with Crippen LogP contribution in [0.2, 0.25) is 0 Å². The number of benzene rings is 2. The smallest absolute Gasteiger partial charge is 0.161 e. The molecule has 0 unspecified atom stereocenters.